The van der Waals surface area contributed by atoms with Gasteiger partial charge in [-0.1, -0.05) is 60.7 Å². The molecule has 1 N–H and O–H groups in total. The van der Waals surface area contributed by atoms with Crippen LogP contribution in [-0.2, 0) is 41.0 Å². The lowest BCUT2D eigenvalue weighted by molar-refractivity contribution is -0.227. The van der Waals surface area contributed by atoms with Crippen molar-refractivity contribution in [2.24, 2.45) is 0 Å². The first-order valence-electron chi connectivity index (χ1n) is 10.9. The van der Waals surface area contributed by atoms with Crippen LogP contribution in [0, 0.1) is 0 Å². The van der Waals surface area contributed by atoms with E-state index in [0.29, 0.717) is 0 Å². The Bertz CT molecular complexity index is 884. The Morgan fingerprint density at radius 3 is 1.94 bits per heavy atom. The quantitative estimate of drug-likeness (QED) is 0.544. The van der Waals surface area contributed by atoms with Crippen LogP contribution in [0.2, 0.25) is 0 Å². The van der Waals surface area contributed by atoms with Crippen molar-refractivity contribution in [1.82, 2.24) is 0 Å². The summed E-state index contributed by atoms with van der Waals surface area (Å²) < 4.78 is 42.8. The summed E-state index contributed by atoms with van der Waals surface area (Å²) >= 11 is 0. The highest BCUT2D eigenvalue weighted by atomic mass is 31.2. The third-order valence-corrected chi connectivity index (χ3v) is 7.64. The third kappa shape index (κ3) is 5.49. The monoisotopic (exact) mass is 462 g/mol. The van der Waals surface area contributed by atoms with Gasteiger partial charge < -0.3 is 28.4 Å². The SMILES string of the molecule is CC1(C)O[C@H]2O[C@H](CCP(=O)(OCc3ccccc3)OCc3ccccc3)[C@@](C)(O)[C@H]2O1. The number of hydrogen-bond acceptors (Lipinski definition) is 7. The first kappa shape index (κ1) is 23.6. The third-order valence-electron chi connectivity index (χ3n) is 5.79. The highest BCUT2D eigenvalue weighted by Gasteiger charge is 2.60. The predicted molar refractivity (Wildman–Crippen MR) is 119 cm³/mol. The number of benzene rings is 2. The van der Waals surface area contributed by atoms with Gasteiger partial charge in [-0.15, -0.1) is 0 Å². The van der Waals surface area contributed by atoms with Crippen molar-refractivity contribution in [2.75, 3.05) is 6.16 Å². The van der Waals surface area contributed by atoms with E-state index in [9.17, 15) is 9.67 Å². The Morgan fingerprint density at radius 2 is 1.44 bits per heavy atom. The van der Waals surface area contributed by atoms with Gasteiger partial charge in [0.2, 0.25) is 0 Å². The van der Waals surface area contributed by atoms with E-state index in [2.05, 4.69) is 0 Å². The molecule has 8 heteroatoms. The molecule has 174 valence electrons. The Kier molecular flexibility index (Phi) is 6.89. The summed E-state index contributed by atoms with van der Waals surface area (Å²) in [5.41, 5.74) is 0.514. The topological polar surface area (TPSA) is 83.5 Å². The zero-order valence-corrected chi connectivity index (χ0v) is 19.6. The molecular formula is C24H31O7P. The molecule has 0 spiro atoms. The molecule has 0 aliphatic carbocycles. The second-order valence-corrected chi connectivity index (χ2v) is 11.1. The van der Waals surface area contributed by atoms with Gasteiger partial charge in [-0.25, -0.2) is 0 Å². The van der Waals surface area contributed by atoms with Gasteiger partial charge >= 0.3 is 7.60 Å². The molecule has 2 aliphatic heterocycles. The Balaban J connectivity index is 1.42. The normalized spacial score (nSPS) is 29.2. The first-order valence-corrected chi connectivity index (χ1v) is 12.6. The van der Waals surface area contributed by atoms with Crippen LogP contribution in [0.15, 0.2) is 60.7 Å². The van der Waals surface area contributed by atoms with Gasteiger partial charge in [-0.2, -0.15) is 0 Å². The molecule has 0 aromatic heterocycles. The highest BCUT2D eigenvalue weighted by Crippen LogP contribution is 2.52. The van der Waals surface area contributed by atoms with Gasteiger partial charge in [0.05, 0.1) is 25.5 Å². The number of ether oxygens (including phenoxy) is 3. The molecule has 4 atom stereocenters. The molecule has 2 fully saturated rings. The van der Waals surface area contributed by atoms with Crippen molar-refractivity contribution in [3.05, 3.63) is 71.8 Å². The molecule has 0 radical (unpaired) electrons. The number of fused-ring (bicyclic) bond motifs is 1. The van der Waals surface area contributed by atoms with E-state index in [1.54, 1.807) is 20.8 Å². The molecule has 2 heterocycles. The largest absolute Gasteiger partial charge is 0.385 e. The van der Waals surface area contributed by atoms with Gasteiger partial charge in [-0.05, 0) is 38.3 Å². The summed E-state index contributed by atoms with van der Waals surface area (Å²) in [6.07, 6.45) is -1.54. The Labute approximate surface area is 189 Å². The molecule has 32 heavy (non-hydrogen) atoms. The van der Waals surface area contributed by atoms with Crippen molar-refractivity contribution < 1.29 is 32.9 Å². The van der Waals surface area contributed by atoms with E-state index in [-0.39, 0.29) is 25.8 Å². The summed E-state index contributed by atoms with van der Waals surface area (Å²) in [5.74, 6) is -0.822. The lowest BCUT2D eigenvalue weighted by atomic mass is 9.93. The fraction of sp³-hybridized carbons (Fsp3) is 0.500. The van der Waals surface area contributed by atoms with Crippen LogP contribution >= 0.6 is 7.60 Å². The summed E-state index contributed by atoms with van der Waals surface area (Å²) in [6.45, 7) is 5.56. The standard InChI is InChI=1S/C24H31O7P/c1-23(2)30-21-22(31-23)29-20(24(21,3)25)14-15-32(26,27-16-18-10-6-4-7-11-18)28-17-19-12-8-5-9-13-19/h4-13,20-22,25H,14-17H2,1-3H3/t20-,21+,22-,24-/m1/s1. The van der Waals surface area contributed by atoms with Crippen molar-refractivity contribution in [3.8, 4) is 0 Å². The number of rotatable bonds is 9. The molecule has 2 saturated heterocycles. The van der Waals surface area contributed by atoms with E-state index in [4.69, 9.17) is 23.3 Å². The van der Waals surface area contributed by atoms with Crippen molar-refractivity contribution in [1.29, 1.82) is 0 Å². The zero-order chi connectivity index (χ0) is 22.8. The Hall–Kier alpha value is -1.57. The minimum atomic E-state index is -3.49. The second kappa shape index (κ2) is 9.35. The minimum absolute atomic E-state index is 0.0936. The van der Waals surface area contributed by atoms with Crippen LogP contribution in [0.4, 0.5) is 0 Å². The summed E-state index contributed by atoms with van der Waals surface area (Å²) in [4.78, 5) is 0. The minimum Gasteiger partial charge on any atom is -0.385 e. The van der Waals surface area contributed by atoms with Crippen LogP contribution < -0.4 is 0 Å². The predicted octanol–water partition coefficient (Wildman–Crippen LogP) is 4.63. The zero-order valence-electron chi connectivity index (χ0n) is 18.7. The second-order valence-electron chi connectivity index (χ2n) is 8.92. The van der Waals surface area contributed by atoms with Crippen LogP contribution in [0.25, 0.3) is 0 Å². The van der Waals surface area contributed by atoms with E-state index < -0.39 is 37.5 Å². The van der Waals surface area contributed by atoms with E-state index in [1.807, 2.05) is 60.7 Å². The summed E-state index contributed by atoms with van der Waals surface area (Å²) in [6, 6.07) is 19.1. The molecule has 0 amide bonds. The average Bonchev–Trinajstić information content (AvgIpc) is 3.21. The average molecular weight is 462 g/mol. The van der Waals surface area contributed by atoms with Gasteiger partial charge in [0.25, 0.3) is 0 Å². The van der Waals surface area contributed by atoms with Gasteiger partial charge in [0.15, 0.2) is 12.1 Å². The molecular weight excluding hydrogens is 431 g/mol. The summed E-state index contributed by atoms with van der Waals surface area (Å²) in [7, 11) is -3.49. The van der Waals surface area contributed by atoms with Crippen LogP contribution in [0.3, 0.4) is 0 Å². The van der Waals surface area contributed by atoms with Gasteiger partial charge in [0.1, 0.15) is 11.7 Å². The fourth-order valence-electron chi connectivity index (χ4n) is 4.00. The summed E-state index contributed by atoms with van der Waals surface area (Å²) in [5, 5.41) is 11.1. The molecule has 7 nitrogen and oxygen atoms in total. The maximum atomic E-state index is 13.6. The molecule has 0 unspecified atom stereocenters. The lowest BCUT2D eigenvalue weighted by Crippen LogP contribution is -2.46. The molecule has 4 rings (SSSR count). The molecule has 0 saturated carbocycles. The van der Waals surface area contributed by atoms with Crippen LogP contribution in [0.5, 0.6) is 0 Å². The van der Waals surface area contributed by atoms with Gasteiger partial charge in [0, 0.05) is 0 Å². The maximum Gasteiger partial charge on any atom is 0.331 e. The lowest BCUT2D eigenvalue weighted by Gasteiger charge is -2.31. The Morgan fingerprint density at radius 1 is 0.906 bits per heavy atom. The molecule has 2 aliphatic rings. The van der Waals surface area contributed by atoms with E-state index >= 15 is 0 Å². The van der Waals surface area contributed by atoms with Gasteiger partial charge in [-0.3, -0.25) is 4.57 Å². The van der Waals surface area contributed by atoms with Crippen molar-refractivity contribution in [3.63, 3.8) is 0 Å². The fourth-order valence-corrected chi connectivity index (χ4v) is 5.58. The maximum absolute atomic E-state index is 13.6. The van der Waals surface area contributed by atoms with Crippen LogP contribution in [-0.4, -0.2) is 41.2 Å². The molecule has 2 aromatic rings. The number of hydrogen-bond donors (Lipinski definition) is 1. The van der Waals surface area contributed by atoms with Crippen LogP contribution in [0.1, 0.15) is 38.3 Å². The van der Waals surface area contributed by atoms with E-state index in [0.717, 1.165) is 11.1 Å². The van der Waals surface area contributed by atoms with E-state index in [1.165, 1.54) is 0 Å². The highest BCUT2D eigenvalue weighted by molar-refractivity contribution is 7.53. The first-order chi connectivity index (χ1) is 15.2. The molecule has 0 bridgehead atoms. The molecule has 2 aromatic carbocycles. The smallest absolute Gasteiger partial charge is 0.331 e. The van der Waals surface area contributed by atoms with Crippen molar-refractivity contribution in [2.45, 2.75) is 70.3 Å². The number of aliphatic hydroxyl groups is 1. The van der Waals surface area contributed by atoms with Crippen molar-refractivity contribution >= 4 is 7.60 Å².